The Bertz CT molecular complexity index is 505. The van der Waals surface area contributed by atoms with Gasteiger partial charge in [0, 0.05) is 16.6 Å². The van der Waals surface area contributed by atoms with Gasteiger partial charge >= 0.3 is 0 Å². The van der Waals surface area contributed by atoms with E-state index in [1.54, 1.807) is 0 Å². The highest BCUT2D eigenvalue weighted by Crippen LogP contribution is 2.62. The molecule has 2 saturated carbocycles. The van der Waals surface area contributed by atoms with E-state index in [0.29, 0.717) is 22.9 Å². The quantitative estimate of drug-likeness (QED) is 0.788. The zero-order valence-electron chi connectivity index (χ0n) is 13.0. The average molecular weight is 336 g/mol. The highest BCUT2D eigenvalue weighted by molar-refractivity contribution is 9.10. The van der Waals surface area contributed by atoms with Gasteiger partial charge in [0.2, 0.25) is 0 Å². The first kappa shape index (κ1) is 14.6. The molecular formula is C18H26BrN. The molecular weight excluding hydrogens is 310 g/mol. The van der Waals surface area contributed by atoms with E-state index in [1.807, 2.05) is 0 Å². The monoisotopic (exact) mass is 335 g/mol. The minimum Gasteiger partial charge on any atom is -0.306 e. The lowest BCUT2D eigenvalue weighted by atomic mass is 9.68. The van der Waals surface area contributed by atoms with Crippen LogP contribution in [-0.2, 0) is 0 Å². The summed E-state index contributed by atoms with van der Waals surface area (Å²) in [5.41, 5.74) is 2.28. The topological polar surface area (TPSA) is 12.0 Å². The number of rotatable bonds is 3. The molecule has 2 heteroatoms. The molecule has 2 bridgehead atoms. The summed E-state index contributed by atoms with van der Waals surface area (Å²) in [6.07, 6.45) is 4.22. The SMILES string of the molecule is C[C@H](NC1C2(C)CCC(C2)C1(C)C)c1ccccc1Br. The van der Waals surface area contributed by atoms with Crippen molar-refractivity contribution in [2.75, 3.05) is 0 Å². The van der Waals surface area contributed by atoms with Crippen molar-refractivity contribution < 1.29 is 0 Å². The van der Waals surface area contributed by atoms with Gasteiger partial charge in [-0.05, 0) is 54.6 Å². The molecule has 0 amide bonds. The fraction of sp³-hybridized carbons (Fsp3) is 0.667. The summed E-state index contributed by atoms with van der Waals surface area (Å²) in [6, 6.07) is 9.60. The molecule has 110 valence electrons. The molecule has 0 saturated heterocycles. The smallest absolute Gasteiger partial charge is 0.0305 e. The van der Waals surface area contributed by atoms with E-state index in [2.05, 4.69) is 73.2 Å². The van der Waals surface area contributed by atoms with Gasteiger partial charge in [-0.1, -0.05) is 54.9 Å². The third kappa shape index (κ3) is 2.16. The van der Waals surface area contributed by atoms with Gasteiger partial charge in [-0.3, -0.25) is 0 Å². The fourth-order valence-electron chi connectivity index (χ4n) is 4.88. The largest absolute Gasteiger partial charge is 0.306 e. The Morgan fingerprint density at radius 1 is 1.25 bits per heavy atom. The van der Waals surface area contributed by atoms with E-state index >= 15 is 0 Å². The van der Waals surface area contributed by atoms with Crippen LogP contribution >= 0.6 is 15.9 Å². The molecule has 2 aliphatic rings. The maximum absolute atomic E-state index is 3.97. The van der Waals surface area contributed by atoms with E-state index in [-0.39, 0.29) is 0 Å². The molecule has 3 rings (SSSR count). The lowest BCUT2D eigenvalue weighted by Gasteiger charge is -2.44. The number of benzene rings is 1. The van der Waals surface area contributed by atoms with Gasteiger partial charge in [-0.2, -0.15) is 0 Å². The Balaban J connectivity index is 1.83. The lowest BCUT2D eigenvalue weighted by Crippen LogP contribution is -2.51. The Morgan fingerprint density at radius 2 is 1.95 bits per heavy atom. The number of halogens is 1. The van der Waals surface area contributed by atoms with Crippen LogP contribution in [0.15, 0.2) is 28.7 Å². The van der Waals surface area contributed by atoms with E-state index in [9.17, 15) is 0 Å². The molecule has 1 nitrogen and oxygen atoms in total. The molecule has 2 fully saturated rings. The van der Waals surface area contributed by atoms with Gasteiger partial charge in [0.15, 0.2) is 0 Å². The van der Waals surface area contributed by atoms with Crippen molar-refractivity contribution in [1.82, 2.24) is 5.32 Å². The van der Waals surface area contributed by atoms with Crippen LogP contribution in [0.25, 0.3) is 0 Å². The first-order valence-corrected chi connectivity index (χ1v) is 8.64. The van der Waals surface area contributed by atoms with Crippen LogP contribution in [-0.4, -0.2) is 6.04 Å². The minimum atomic E-state index is 0.394. The summed E-state index contributed by atoms with van der Waals surface area (Å²) in [6.45, 7) is 9.72. The highest BCUT2D eigenvalue weighted by atomic mass is 79.9. The molecule has 4 atom stereocenters. The first-order valence-electron chi connectivity index (χ1n) is 7.85. The fourth-order valence-corrected chi connectivity index (χ4v) is 5.51. The van der Waals surface area contributed by atoms with Crippen LogP contribution in [0.5, 0.6) is 0 Å². The molecule has 20 heavy (non-hydrogen) atoms. The summed E-state index contributed by atoms with van der Waals surface area (Å²) in [7, 11) is 0. The van der Waals surface area contributed by atoms with Crippen molar-refractivity contribution >= 4 is 15.9 Å². The second-order valence-corrected chi connectivity index (χ2v) is 8.61. The molecule has 0 aromatic heterocycles. The van der Waals surface area contributed by atoms with Gasteiger partial charge in [-0.25, -0.2) is 0 Å². The van der Waals surface area contributed by atoms with Crippen molar-refractivity contribution in [3.8, 4) is 0 Å². The van der Waals surface area contributed by atoms with Crippen LogP contribution in [0, 0.1) is 16.7 Å². The van der Waals surface area contributed by atoms with Crippen molar-refractivity contribution in [3.63, 3.8) is 0 Å². The van der Waals surface area contributed by atoms with Crippen LogP contribution in [0.2, 0.25) is 0 Å². The molecule has 3 unspecified atom stereocenters. The third-order valence-electron chi connectivity index (χ3n) is 6.06. The van der Waals surface area contributed by atoms with Gasteiger partial charge in [-0.15, -0.1) is 0 Å². The van der Waals surface area contributed by atoms with E-state index in [4.69, 9.17) is 0 Å². The molecule has 0 heterocycles. The van der Waals surface area contributed by atoms with Gasteiger partial charge in [0.05, 0.1) is 0 Å². The lowest BCUT2D eigenvalue weighted by molar-refractivity contribution is 0.100. The Morgan fingerprint density at radius 3 is 2.55 bits per heavy atom. The van der Waals surface area contributed by atoms with Crippen LogP contribution < -0.4 is 5.32 Å². The van der Waals surface area contributed by atoms with E-state index in [1.165, 1.54) is 29.3 Å². The maximum Gasteiger partial charge on any atom is 0.0305 e. The van der Waals surface area contributed by atoms with Crippen molar-refractivity contribution in [1.29, 1.82) is 0 Å². The van der Waals surface area contributed by atoms with Crippen molar-refractivity contribution in [3.05, 3.63) is 34.3 Å². The molecule has 2 aliphatic carbocycles. The van der Waals surface area contributed by atoms with Crippen LogP contribution in [0.3, 0.4) is 0 Å². The van der Waals surface area contributed by atoms with E-state index in [0.717, 1.165) is 5.92 Å². The summed E-state index contributed by atoms with van der Waals surface area (Å²) in [5, 5.41) is 3.97. The van der Waals surface area contributed by atoms with Crippen molar-refractivity contribution in [2.24, 2.45) is 16.7 Å². The normalized spacial score (nSPS) is 36.2. The number of nitrogens with one attached hydrogen (secondary N) is 1. The zero-order chi connectivity index (χ0) is 14.5. The molecule has 1 aromatic carbocycles. The number of hydrogen-bond donors (Lipinski definition) is 1. The summed E-state index contributed by atoms with van der Waals surface area (Å²) in [5.74, 6) is 0.899. The second-order valence-electron chi connectivity index (χ2n) is 7.76. The Kier molecular flexibility index (Phi) is 3.53. The predicted octanol–water partition coefficient (Wildman–Crippen LogP) is 5.31. The maximum atomic E-state index is 3.97. The molecule has 0 aliphatic heterocycles. The van der Waals surface area contributed by atoms with Gasteiger partial charge < -0.3 is 5.32 Å². The molecule has 1 N–H and O–H groups in total. The molecule has 0 radical (unpaired) electrons. The standard InChI is InChI=1S/C18H26BrN/c1-12(14-7-5-6-8-15(14)19)20-16-17(2,3)13-9-10-18(16,4)11-13/h5-8,12-13,16,20H,9-11H2,1-4H3/t12-,13?,16?,18?/m0/s1. The average Bonchev–Trinajstić information content (AvgIpc) is 2.86. The number of hydrogen-bond acceptors (Lipinski definition) is 1. The molecule has 1 aromatic rings. The Hall–Kier alpha value is -0.340. The predicted molar refractivity (Wildman–Crippen MR) is 88.7 cm³/mol. The number of fused-ring (bicyclic) bond motifs is 2. The highest BCUT2D eigenvalue weighted by Gasteiger charge is 2.59. The van der Waals surface area contributed by atoms with Crippen LogP contribution in [0.4, 0.5) is 0 Å². The second kappa shape index (κ2) is 4.84. The summed E-state index contributed by atoms with van der Waals surface area (Å²) in [4.78, 5) is 0. The van der Waals surface area contributed by atoms with Gasteiger partial charge in [0.1, 0.15) is 0 Å². The minimum absolute atomic E-state index is 0.394. The van der Waals surface area contributed by atoms with Gasteiger partial charge in [0.25, 0.3) is 0 Å². The third-order valence-corrected chi connectivity index (χ3v) is 6.78. The zero-order valence-corrected chi connectivity index (χ0v) is 14.6. The van der Waals surface area contributed by atoms with Crippen LogP contribution in [0.1, 0.15) is 58.6 Å². The van der Waals surface area contributed by atoms with Crippen molar-refractivity contribution in [2.45, 2.75) is 59.0 Å². The first-order chi connectivity index (χ1) is 9.34. The van der Waals surface area contributed by atoms with E-state index < -0.39 is 0 Å². The summed E-state index contributed by atoms with van der Waals surface area (Å²) < 4.78 is 1.21. The Labute approximate surface area is 131 Å². The molecule has 0 spiro atoms. The summed E-state index contributed by atoms with van der Waals surface area (Å²) >= 11 is 3.69.